The Bertz CT molecular complexity index is 105. The molecule has 0 aliphatic carbocycles. The molecule has 0 aromatic heterocycles. The zero-order chi connectivity index (χ0) is 6.57. The van der Waals surface area contributed by atoms with E-state index in [1.54, 1.807) is 0 Å². The third-order valence-electron chi connectivity index (χ3n) is 1.31. The van der Waals surface area contributed by atoms with Gasteiger partial charge in [0.15, 0.2) is 0 Å². The van der Waals surface area contributed by atoms with Gasteiger partial charge in [-0.3, -0.25) is 0 Å². The molecular weight excluding hydrogens is 280 g/mol. The van der Waals surface area contributed by atoms with Gasteiger partial charge in [-0.1, -0.05) is 0 Å². The molecule has 0 saturated heterocycles. The summed E-state index contributed by atoms with van der Waals surface area (Å²) in [6, 6.07) is 0. The fourth-order valence-electron chi connectivity index (χ4n) is 0.375. The molecule has 0 saturated carbocycles. The van der Waals surface area contributed by atoms with Crippen LogP contribution in [0.1, 0.15) is 27.7 Å². The number of rotatable bonds is 1. The van der Waals surface area contributed by atoms with Crippen LogP contribution in [0.5, 0.6) is 0 Å². The van der Waals surface area contributed by atoms with Gasteiger partial charge in [-0.15, -0.1) is 27.7 Å². The molecule has 0 aliphatic rings. The molecular formula is C8H12W. The van der Waals surface area contributed by atoms with Crippen molar-refractivity contribution in [2.45, 2.75) is 27.7 Å². The first-order valence-corrected chi connectivity index (χ1v) is 2.75. The molecule has 1 heteroatoms. The number of hydrogen-bond acceptors (Lipinski definition) is 0. The summed E-state index contributed by atoms with van der Waals surface area (Å²) in [4.78, 5) is 0. The summed E-state index contributed by atoms with van der Waals surface area (Å²) in [7, 11) is 0. The molecule has 0 aliphatic heterocycles. The van der Waals surface area contributed by atoms with Crippen molar-refractivity contribution in [3.63, 3.8) is 0 Å². The minimum atomic E-state index is 0. The number of hydrogen-bond donors (Lipinski definition) is 0. The quantitative estimate of drug-likeness (QED) is 0.514. The molecule has 0 heterocycles. The molecule has 0 N–H and O–H groups in total. The molecule has 0 rings (SSSR count). The second-order valence-electron chi connectivity index (χ2n) is 1.75. The van der Waals surface area contributed by atoms with Crippen molar-refractivity contribution in [3.8, 4) is 0 Å². The molecule has 50 valence electrons. The summed E-state index contributed by atoms with van der Waals surface area (Å²) in [5.74, 6) is 0. The molecule has 0 aromatic carbocycles. The Morgan fingerprint density at radius 1 is 0.889 bits per heavy atom. The summed E-state index contributed by atoms with van der Waals surface area (Å²) < 4.78 is 0. The van der Waals surface area contributed by atoms with Crippen molar-refractivity contribution < 1.29 is 21.1 Å². The summed E-state index contributed by atoms with van der Waals surface area (Å²) in [5, 5.41) is 0. The molecule has 0 aromatic rings. The average Bonchev–Trinajstić information content (AvgIpc) is 1.84. The van der Waals surface area contributed by atoms with Gasteiger partial charge in [0.2, 0.25) is 0 Å². The van der Waals surface area contributed by atoms with Crippen LogP contribution in [0.25, 0.3) is 0 Å². The van der Waals surface area contributed by atoms with Crippen LogP contribution >= 0.6 is 0 Å². The van der Waals surface area contributed by atoms with Gasteiger partial charge in [0.1, 0.15) is 0 Å². The minimum Gasteiger partial charge on any atom is -0.376 e. The molecule has 0 amide bonds. The van der Waals surface area contributed by atoms with Gasteiger partial charge in [-0.05, 0) is 0 Å². The van der Waals surface area contributed by atoms with Crippen LogP contribution in [0.3, 0.4) is 0 Å². The number of allylic oxidation sites excluding steroid dienone is 4. The molecule has 0 bridgehead atoms. The first kappa shape index (κ1) is 11.9. The van der Waals surface area contributed by atoms with Crippen LogP contribution in [0, 0.1) is 12.2 Å². The Kier molecular flexibility index (Phi) is 8.32. The SMILES string of the molecule is C[C-]=C(C)C(C)=[C-]C.[W+2]. The van der Waals surface area contributed by atoms with Gasteiger partial charge in [-0.2, -0.15) is 0 Å². The maximum atomic E-state index is 3.03. The summed E-state index contributed by atoms with van der Waals surface area (Å²) in [6.45, 7) is 7.89. The van der Waals surface area contributed by atoms with Gasteiger partial charge in [0.25, 0.3) is 0 Å². The first-order chi connectivity index (χ1) is 3.72. The van der Waals surface area contributed by atoms with Crippen molar-refractivity contribution in [2.75, 3.05) is 0 Å². The molecule has 9 heavy (non-hydrogen) atoms. The second kappa shape index (κ2) is 6.29. The van der Waals surface area contributed by atoms with Crippen molar-refractivity contribution in [1.82, 2.24) is 0 Å². The summed E-state index contributed by atoms with van der Waals surface area (Å²) in [5.41, 5.74) is 2.38. The monoisotopic (exact) mass is 292 g/mol. The zero-order valence-corrected chi connectivity index (χ0v) is 9.34. The van der Waals surface area contributed by atoms with Gasteiger partial charge in [0, 0.05) is 0 Å². The first-order valence-electron chi connectivity index (χ1n) is 2.75. The van der Waals surface area contributed by atoms with Crippen molar-refractivity contribution in [1.29, 1.82) is 0 Å². The Morgan fingerprint density at radius 2 is 1.11 bits per heavy atom. The van der Waals surface area contributed by atoms with Crippen LogP contribution in [0.4, 0.5) is 0 Å². The normalized spacial score (nSPS) is 12.9. The van der Waals surface area contributed by atoms with E-state index in [-0.39, 0.29) is 21.1 Å². The van der Waals surface area contributed by atoms with E-state index in [1.165, 1.54) is 11.1 Å². The van der Waals surface area contributed by atoms with Gasteiger partial charge < -0.3 is 23.3 Å². The molecule has 0 spiro atoms. The largest absolute Gasteiger partial charge is 2.00 e. The van der Waals surface area contributed by atoms with Crippen molar-refractivity contribution >= 4 is 0 Å². The summed E-state index contributed by atoms with van der Waals surface area (Å²) in [6.07, 6.45) is 6.07. The molecule has 0 unspecified atom stereocenters. The van der Waals surface area contributed by atoms with E-state index in [1.807, 2.05) is 27.7 Å². The predicted octanol–water partition coefficient (Wildman–Crippen LogP) is 2.52. The smallest absolute Gasteiger partial charge is 0.376 e. The van der Waals surface area contributed by atoms with E-state index in [2.05, 4.69) is 12.2 Å². The Hall–Kier alpha value is 0.168. The molecule has 0 nitrogen and oxygen atoms in total. The minimum absolute atomic E-state index is 0. The Balaban J connectivity index is 0. The zero-order valence-electron chi connectivity index (χ0n) is 6.41. The van der Waals surface area contributed by atoms with E-state index in [4.69, 9.17) is 0 Å². The van der Waals surface area contributed by atoms with E-state index < -0.39 is 0 Å². The van der Waals surface area contributed by atoms with Crippen LogP contribution in [-0.2, 0) is 21.1 Å². The maximum absolute atomic E-state index is 3.03. The van der Waals surface area contributed by atoms with Gasteiger partial charge >= 0.3 is 21.1 Å². The fraction of sp³-hybridized carbons (Fsp3) is 0.500. The van der Waals surface area contributed by atoms with Crippen LogP contribution in [0.15, 0.2) is 11.1 Å². The Morgan fingerprint density at radius 3 is 1.22 bits per heavy atom. The Labute approximate surface area is 72.3 Å². The van der Waals surface area contributed by atoms with E-state index >= 15 is 0 Å². The third-order valence-corrected chi connectivity index (χ3v) is 1.31. The molecule has 0 atom stereocenters. The average molecular weight is 292 g/mol. The van der Waals surface area contributed by atoms with Crippen molar-refractivity contribution in [3.05, 3.63) is 23.3 Å². The van der Waals surface area contributed by atoms with Gasteiger partial charge in [-0.25, -0.2) is 0 Å². The molecule has 0 radical (unpaired) electrons. The third kappa shape index (κ3) is 4.66. The van der Waals surface area contributed by atoms with Crippen molar-refractivity contribution in [2.24, 2.45) is 0 Å². The van der Waals surface area contributed by atoms with E-state index in [9.17, 15) is 0 Å². The molecule has 0 fully saturated rings. The van der Waals surface area contributed by atoms with Crippen LogP contribution in [0.2, 0.25) is 0 Å². The topological polar surface area (TPSA) is 0 Å². The standard InChI is InChI=1S/C8H12.W/c1-5-7(3)8(4)6-2;/h1-4H3;/q-2;+2. The maximum Gasteiger partial charge on any atom is 2.00 e. The van der Waals surface area contributed by atoms with Crippen LogP contribution < -0.4 is 0 Å². The van der Waals surface area contributed by atoms with Gasteiger partial charge in [0.05, 0.1) is 0 Å². The van der Waals surface area contributed by atoms with E-state index in [0.29, 0.717) is 0 Å². The second-order valence-corrected chi connectivity index (χ2v) is 1.75. The summed E-state index contributed by atoms with van der Waals surface area (Å²) >= 11 is 0. The predicted molar refractivity (Wildman–Crippen MR) is 36.2 cm³/mol. The van der Waals surface area contributed by atoms with Crippen LogP contribution in [-0.4, -0.2) is 0 Å². The van der Waals surface area contributed by atoms with E-state index in [0.717, 1.165) is 0 Å². The fourth-order valence-corrected chi connectivity index (χ4v) is 0.375.